The van der Waals surface area contributed by atoms with Gasteiger partial charge in [-0.05, 0) is 61.2 Å². The van der Waals surface area contributed by atoms with Gasteiger partial charge in [0.25, 0.3) is 0 Å². The maximum Gasteiger partial charge on any atom is 0.313 e. The molecule has 0 bridgehead atoms. The van der Waals surface area contributed by atoms with Crippen LogP contribution in [0.4, 0.5) is 5.69 Å². The lowest BCUT2D eigenvalue weighted by molar-refractivity contribution is -0.136. The number of amides is 2. The van der Waals surface area contributed by atoms with Gasteiger partial charge in [0.05, 0.1) is 6.10 Å². The number of benzene rings is 2. The van der Waals surface area contributed by atoms with E-state index < -0.39 is 17.9 Å². The summed E-state index contributed by atoms with van der Waals surface area (Å²) in [4.78, 5) is 23.9. The Hall–Kier alpha value is -3.06. The van der Waals surface area contributed by atoms with Crippen molar-refractivity contribution in [2.24, 2.45) is 0 Å². The molecule has 2 aromatic rings. The average molecular weight is 370 g/mol. The van der Waals surface area contributed by atoms with Gasteiger partial charge in [0.15, 0.2) is 11.5 Å². The summed E-state index contributed by atoms with van der Waals surface area (Å²) >= 11 is 0. The molecule has 3 rings (SSSR count). The highest BCUT2D eigenvalue weighted by Gasteiger charge is 2.18. The fourth-order valence-corrected chi connectivity index (χ4v) is 2.92. The standard InChI is InChI=1S/C20H22N2O5/c1-12-7-13(2)9-15(8-12)22-20(25)19(24)21-6-5-16(23)14-3-4-17-18(10-14)27-11-26-17/h3-4,7-10,16,23H,5-6,11H2,1-2H3,(H,21,24)(H,22,25). The van der Waals surface area contributed by atoms with Crippen molar-refractivity contribution in [3.05, 3.63) is 53.1 Å². The van der Waals surface area contributed by atoms with Crippen molar-refractivity contribution in [3.8, 4) is 11.5 Å². The molecule has 1 atom stereocenters. The molecule has 0 spiro atoms. The SMILES string of the molecule is Cc1cc(C)cc(NC(=O)C(=O)NCCC(O)c2ccc3c(c2)OCO3)c1. The number of nitrogens with one attached hydrogen (secondary N) is 2. The number of hydrogen-bond donors (Lipinski definition) is 3. The van der Waals surface area contributed by atoms with Crippen LogP contribution in [0.15, 0.2) is 36.4 Å². The Kier molecular flexibility index (Phi) is 5.61. The number of anilines is 1. The van der Waals surface area contributed by atoms with E-state index in [1.54, 1.807) is 30.3 Å². The zero-order valence-corrected chi connectivity index (χ0v) is 15.2. The lowest BCUT2D eigenvalue weighted by atomic mass is 10.1. The van der Waals surface area contributed by atoms with E-state index in [2.05, 4.69) is 10.6 Å². The molecule has 1 aliphatic heterocycles. The predicted molar refractivity (Wildman–Crippen MR) is 99.7 cm³/mol. The number of aryl methyl sites for hydroxylation is 2. The normalized spacial score (nSPS) is 13.1. The van der Waals surface area contributed by atoms with Crippen molar-refractivity contribution in [1.82, 2.24) is 5.32 Å². The lowest BCUT2D eigenvalue weighted by Gasteiger charge is -2.12. The summed E-state index contributed by atoms with van der Waals surface area (Å²) in [6.07, 6.45) is -0.523. The van der Waals surface area contributed by atoms with Crippen LogP contribution in [0.1, 0.15) is 29.2 Å². The summed E-state index contributed by atoms with van der Waals surface area (Å²) in [7, 11) is 0. The maximum atomic E-state index is 12.0. The van der Waals surface area contributed by atoms with Crippen LogP contribution in [0.25, 0.3) is 0 Å². The molecule has 142 valence electrons. The highest BCUT2D eigenvalue weighted by Crippen LogP contribution is 2.34. The topological polar surface area (TPSA) is 96.9 Å². The Balaban J connectivity index is 1.47. The molecule has 1 heterocycles. The third-order valence-corrected chi connectivity index (χ3v) is 4.17. The van der Waals surface area contributed by atoms with Gasteiger partial charge in [-0.2, -0.15) is 0 Å². The summed E-state index contributed by atoms with van der Waals surface area (Å²) in [5.41, 5.74) is 3.23. The summed E-state index contributed by atoms with van der Waals surface area (Å²) in [5.74, 6) is -0.254. The monoisotopic (exact) mass is 370 g/mol. The Morgan fingerprint density at radius 2 is 1.74 bits per heavy atom. The van der Waals surface area contributed by atoms with Crippen molar-refractivity contribution in [2.45, 2.75) is 26.4 Å². The van der Waals surface area contributed by atoms with Gasteiger partial charge in [-0.1, -0.05) is 12.1 Å². The van der Waals surface area contributed by atoms with E-state index in [9.17, 15) is 14.7 Å². The van der Waals surface area contributed by atoms with E-state index in [0.29, 0.717) is 22.7 Å². The van der Waals surface area contributed by atoms with Crippen LogP contribution in [0.5, 0.6) is 11.5 Å². The zero-order chi connectivity index (χ0) is 19.4. The van der Waals surface area contributed by atoms with Crippen molar-refractivity contribution in [3.63, 3.8) is 0 Å². The number of carbonyl (C=O) groups is 2. The number of hydrogen-bond acceptors (Lipinski definition) is 5. The Bertz CT molecular complexity index is 845. The second-order valence-electron chi connectivity index (χ2n) is 6.50. The molecule has 0 aromatic heterocycles. The van der Waals surface area contributed by atoms with E-state index in [1.165, 1.54) is 0 Å². The molecule has 0 saturated carbocycles. The quantitative estimate of drug-likeness (QED) is 0.701. The molecule has 0 fully saturated rings. The molecular formula is C20H22N2O5. The fraction of sp³-hybridized carbons (Fsp3) is 0.300. The lowest BCUT2D eigenvalue weighted by Crippen LogP contribution is -2.36. The first-order valence-corrected chi connectivity index (χ1v) is 8.67. The van der Waals surface area contributed by atoms with E-state index >= 15 is 0 Å². The van der Waals surface area contributed by atoms with E-state index in [4.69, 9.17) is 9.47 Å². The predicted octanol–water partition coefficient (Wildman–Crippen LogP) is 2.21. The van der Waals surface area contributed by atoms with Crippen LogP contribution in [-0.2, 0) is 9.59 Å². The molecular weight excluding hydrogens is 348 g/mol. The van der Waals surface area contributed by atoms with Gasteiger partial charge >= 0.3 is 11.8 Å². The Morgan fingerprint density at radius 1 is 1.04 bits per heavy atom. The highest BCUT2D eigenvalue weighted by molar-refractivity contribution is 6.39. The van der Waals surface area contributed by atoms with Gasteiger partial charge in [-0.25, -0.2) is 0 Å². The largest absolute Gasteiger partial charge is 0.454 e. The van der Waals surface area contributed by atoms with E-state index in [0.717, 1.165) is 11.1 Å². The van der Waals surface area contributed by atoms with Crippen LogP contribution in [0, 0.1) is 13.8 Å². The number of aliphatic hydroxyl groups is 1. The molecule has 0 aliphatic carbocycles. The Labute approximate surface area is 157 Å². The smallest absolute Gasteiger partial charge is 0.313 e. The molecule has 0 saturated heterocycles. The second kappa shape index (κ2) is 8.09. The molecule has 2 aromatic carbocycles. The minimum atomic E-state index is -0.790. The van der Waals surface area contributed by atoms with Crippen molar-refractivity contribution in [1.29, 1.82) is 0 Å². The Morgan fingerprint density at radius 3 is 2.48 bits per heavy atom. The molecule has 0 radical (unpaired) electrons. The minimum absolute atomic E-state index is 0.161. The summed E-state index contributed by atoms with van der Waals surface area (Å²) < 4.78 is 10.5. The summed E-state index contributed by atoms with van der Waals surface area (Å²) in [6.45, 7) is 4.16. The minimum Gasteiger partial charge on any atom is -0.454 e. The molecule has 1 aliphatic rings. The fourth-order valence-electron chi connectivity index (χ4n) is 2.92. The number of aliphatic hydroxyl groups excluding tert-OH is 1. The molecule has 7 nitrogen and oxygen atoms in total. The number of carbonyl (C=O) groups excluding carboxylic acids is 2. The first kappa shape index (κ1) is 18.7. The molecule has 3 N–H and O–H groups in total. The van der Waals surface area contributed by atoms with E-state index in [-0.39, 0.29) is 19.8 Å². The van der Waals surface area contributed by atoms with Crippen LogP contribution in [-0.4, -0.2) is 30.3 Å². The van der Waals surface area contributed by atoms with Crippen LogP contribution in [0.3, 0.4) is 0 Å². The van der Waals surface area contributed by atoms with Crippen LogP contribution >= 0.6 is 0 Å². The van der Waals surface area contributed by atoms with Gasteiger partial charge in [0, 0.05) is 12.2 Å². The van der Waals surface area contributed by atoms with Crippen molar-refractivity contribution in [2.75, 3.05) is 18.7 Å². The third kappa shape index (κ3) is 4.77. The number of ether oxygens (including phenoxy) is 2. The van der Waals surface area contributed by atoms with Gasteiger partial charge in [0.2, 0.25) is 6.79 Å². The van der Waals surface area contributed by atoms with Gasteiger partial charge < -0.3 is 25.2 Å². The molecule has 1 unspecified atom stereocenters. The third-order valence-electron chi connectivity index (χ3n) is 4.17. The van der Waals surface area contributed by atoms with Crippen LogP contribution < -0.4 is 20.1 Å². The number of fused-ring (bicyclic) bond motifs is 1. The van der Waals surface area contributed by atoms with E-state index in [1.807, 2.05) is 19.9 Å². The maximum absolute atomic E-state index is 12.0. The van der Waals surface area contributed by atoms with Gasteiger partial charge in [-0.3, -0.25) is 9.59 Å². The first-order chi connectivity index (χ1) is 12.9. The average Bonchev–Trinajstić information content (AvgIpc) is 3.08. The summed E-state index contributed by atoms with van der Waals surface area (Å²) in [5, 5.41) is 15.3. The van der Waals surface area contributed by atoms with Gasteiger partial charge in [-0.15, -0.1) is 0 Å². The molecule has 27 heavy (non-hydrogen) atoms. The van der Waals surface area contributed by atoms with Gasteiger partial charge in [0.1, 0.15) is 0 Å². The summed E-state index contributed by atoms with van der Waals surface area (Å²) in [6, 6.07) is 10.8. The second-order valence-corrected chi connectivity index (χ2v) is 6.50. The van der Waals surface area contributed by atoms with Crippen molar-refractivity contribution >= 4 is 17.5 Å². The molecule has 2 amide bonds. The van der Waals surface area contributed by atoms with Crippen LogP contribution in [0.2, 0.25) is 0 Å². The van der Waals surface area contributed by atoms with Crippen molar-refractivity contribution < 1.29 is 24.2 Å². The first-order valence-electron chi connectivity index (χ1n) is 8.67. The highest BCUT2D eigenvalue weighted by atomic mass is 16.7. The number of rotatable bonds is 5. The molecule has 7 heteroatoms. The zero-order valence-electron chi connectivity index (χ0n) is 15.2.